The standard InChI is InChI=1S/C17H12Cl2N2O3/c1-23-15-5-3-2-4-11(15)16-9-14(21-24-16)17(22)20-13-8-10(18)6-7-12(13)19/h2-9H,1H3,(H,20,22). The molecule has 1 amide bonds. The zero-order chi connectivity index (χ0) is 17.1. The van der Waals surface area contributed by atoms with Gasteiger partial charge in [-0.15, -0.1) is 0 Å². The van der Waals surface area contributed by atoms with Crippen LogP contribution in [-0.4, -0.2) is 18.2 Å². The second-order valence-electron chi connectivity index (χ2n) is 4.85. The number of ether oxygens (including phenoxy) is 1. The van der Waals surface area contributed by atoms with Gasteiger partial charge in [-0.3, -0.25) is 4.79 Å². The number of hydrogen-bond acceptors (Lipinski definition) is 4. The molecule has 0 fully saturated rings. The van der Waals surface area contributed by atoms with Gasteiger partial charge in [0, 0.05) is 11.1 Å². The number of nitrogens with zero attached hydrogens (tertiary/aromatic N) is 1. The maximum absolute atomic E-state index is 12.3. The lowest BCUT2D eigenvalue weighted by molar-refractivity contribution is 0.101. The van der Waals surface area contributed by atoms with Gasteiger partial charge in [-0.05, 0) is 30.3 Å². The van der Waals surface area contributed by atoms with Crippen molar-refractivity contribution < 1.29 is 14.1 Å². The number of benzene rings is 2. The molecule has 0 bridgehead atoms. The van der Waals surface area contributed by atoms with Gasteiger partial charge in [0.25, 0.3) is 5.91 Å². The van der Waals surface area contributed by atoms with Crippen LogP contribution in [0, 0.1) is 0 Å². The van der Waals surface area contributed by atoms with E-state index in [2.05, 4.69) is 10.5 Å². The van der Waals surface area contributed by atoms with E-state index in [0.717, 1.165) is 0 Å². The van der Waals surface area contributed by atoms with Crippen molar-refractivity contribution in [1.82, 2.24) is 5.16 Å². The van der Waals surface area contributed by atoms with Gasteiger partial charge in [-0.1, -0.05) is 40.5 Å². The van der Waals surface area contributed by atoms with E-state index in [4.69, 9.17) is 32.5 Å². The Morgan fingerprint density at radius 2 is 1.96 bits per heavy atom. The van der Waals surface area contributed by atoms with Crippen molar-refractivity contribution in [3.63, 3.8) is 0 Å². The maximum atomic E-state index is 12.3. The topological polar surface area (TPSA) is 64.4 Å². The Morgan fingerprint density at radius 1 is 1.17 bits per heavy atom. The summed E-state index contributed by atoms with van der Waals surface area (Å²) in [4.78, 5) is 12.3. The molecule has 7 heteroatoms. The van der Waals surface area contributed by atoms with Crippen LogP contribution in [0.5, 0.6) is 5.75 Å². The van der Waals surface area contributed by atoms with E-state index in [1.165, 1.54) is 6.07 Å². The fraction of sp³-hybridized carbons (Fsp3) is 0.0588. The number of aromatic nitrogens is 1. The van der Waals surface area contributed by atoms with E-state index in [-0.39, 0.29) is 5.69 Å². The molecule has 0 radical (unpaired) electrons. The Hall–Kier alpha value is -2.50. The zero-order valence-corrected chi connectivity index (χ0v) is 14.1. The molecule has 0 unspecified atom stereocenters. The van der Waals surface area contributed by atoms with Crippen molar-refractivity contribution in [3.05, 3.63) is 64.3 Å². The van der Waals surface area contributed by atoms with Crippen LogP contribution in [0.2, 0.25) is 10.0 Å². The minimum atomic E-state index is -0.455. The first-order chi connectivity index (χ1) is 11.6. The van der Waals surface area contributed by atoms with Crippen LogP contribution in [0.25, 0.3) is 11.3 Å². The van der Waals surface area contributed by atoms with Gasteiger partial charge in [0.15, 0.2) is 11.5 Å². The lowest BCUT2D eigenvalue weighted by atomic mass is 10.1. The third-order valence-electron chi connectivity index (χ3n) is 3.29. The van der Waals surface area contributed by atoms with Crippen LogP contribution >= 0.6 is 23.2 Å². The Bertz CT molecular complexity index is 893. The lowest BCUT2D eigenvalue weighted by Gasteiger charge is -2.05. The highest BCUT2D eigenvalue weighted by atomic mass is 35.5. The summed E-state index contributed by atoms with van der Waals surface area (Å²) in [5.41, 5.74) is 1.22. The molecule has 2 aromatic carbocycles. The molecular formula is C17H12Cl2N2O3. The maximum Gasteiger partial charge on any atom is 0.277 e. The molecular weight excluding hydrogens is 351 g/mol. The summed E-state index contributed by atoms with van der Waals surface area (Å²) in [7, 11) is 1.56. The van der Waals surface area contributed by atoms with Crippen molar-refractivity contribution in [1.29, 1.82) is 0 Å². The number of rotatable bonds is 4. The van der Waals surface area contributed by atoms with Crippen molar-refractivity contribution in [2.24, 2.45) is 0 Å². The van der Waals surface area contributed by atoms with E-state index in [9.17, 15) is 4.79 Å². The lowest BCUT2D eigenvalue weighted by Crippen LogP contribution is -2.12. The van der Waals surface area contributed by atoms with E-state index < -0.39 is 5.91 Å². The number of para-hydroxylation sites is 1. The number of hydrogen-bond donors (Lipinski definition) is 1. The first-order valence-corrected chi connectivity index (χ1v) is 7.70. The minimum absolute atomic E-state index is 0.118. The fourth-order valence-corrected chi connectivity index (χ4v) is 2.47. The van der Waals surface area contributed by atoms with Gasteiger partial charge in [0.1, 0.15) is 5.75 Å². The number of anilines is 1. The van der Waals surface area contributed by atoms with Gasteiger partial charge in [-0.25, -0.2) is 0 Å². The second kappa shape index (κ2) is 6.95. The molecule has 0 aliphatic heterocycles. The molecule has 3 rings (SSSR count). The first-order valence-electron chi connectivity index (χ1n) is 6.95. The molecule has 1 heterocycles. The summed E-state index contributed by atoms with van der Waals surface area (Å²) in [6.07, 6.45) is 0. The normalized spacial score (nSPS) is 10.5. The Balaban J connectivity index is 1.85. The smallest absolute Gasteiger partial charge is 0.277 e. The van der Waals surface area contributed by atoms with Crippen molar-refractivity contribution in [3.8, 4) is 17.1 Å². The second-order valence-corrected chi connectivity index (χ2v) is 5.70. The van der Waals surface area contributed by atoms with Crippen molar-refractivity contribution in [2.45, 2.75) is 0 Å². The summed E-state index contributed by atoms with van der Waals surface area (Å²) in [5.74, 6) is 0.595. The summed E-state index contributed by atoms with van der Waals surface area (Å²) in [5, 5.41) is 7.29. The molecule has 1 aromatic heterocycles. The minimum Gasteiger partial charge on any atom is -0.496 e. The molecule has 3 aromatic rings. The van der Waals surface area contributed by atoms with Crippen LogP contribution in [0.15, 0.2) is 53.1 Å². The van der Waals surface area contributed by atoms with Crippen molar-refractivity contribution >= 4 is 34.8 Å². The number of carbonyl (C=O) groups is 1. The predicted octanol–water partition coefficient (Wildman–Crippen LogP) is 4.91. The van der Waals surface area contributed by atoms with Gasteiger partial charge in [-0.2, -0.15) is 0 Å². The van der Waals surface area contributed by atoms with Crippen LogP contribution in [0.1, 0.15) is 10.5 Å². The van der Waals surface area contributed by atoms with E-state index in [1.54, 1.807) is 31.4 Å². The van der Waals surface area contributed by atoms with Crippen LogP contribution < -0.4 is 10.1 Å². The molecule has 0 saturated carbocycles. The summed E-state index contributed by atoms with van der Waals surface area (Å²) in [6, 6.07) is 13.6. The highest BCUT2D eigenvalue weighted by Gasteiger charge is 2.17. The Labute approximate surface area is 148 Å². The molecule has 0 saturated heterocycles. The molecule has 1 N–H and O–H groups in total. The van der Waals surface area contributed by atoms with Gasteiger partial charge in [0.2, 0.25) is 0 Å². The Morgan fingerprint density at radius 3 is 2.75 bits per heavy atom. The number of carbonyl (C=O) groups excluding carboxylic acids is 1. The molecule has 0 spiro atoms. The number of methoxy groups -OCH3 is 1. The average Bonchev–Trinajstić information content (AvgIpc) is 3.08. The molecule has 5 nitrogen and oxygen atoms in total. The monoisotopic (exact) mass is 362 g/mol. The molecule has 122 valence electrons. The van der Waals surface area contributed by atoms with Gasteiger partial charge < -0.3 is 14.6 Å². The quantitative estimate of drug-likeness (QED) is 0.715. The SMILES string of the molecule is COc1ccccc1-c1cc(C(=O)Nc2cc(Cl)ccc2Cl)no1. The number of amides is 1. The van der Waals surface area contributed by atoms with Crippen molar-refractivity contribution in [2.75, 3.05) is 12.4 Å². The molecule has 0 aliphatic rings. The predicted molar refractivity (Wildman–Crippen MR) is 92.9 cm³/mol. The Kier molecular flexibility index (Phi) is 4.74. The van der Waals surface area contributed by atoms with Crippen LogP contribution in [0.4, 0.5) is 5.69 Å². The van der Waals surface area contributed by atoms with E-state index in [1.807, 2.05) is 18.2 Å². The van der Waals surface area contributed by atoms with E-state index in [0.29, 0.717) is 32.8 Å². The third-order valence-corrected chi connectivity index (χ3v) is 3.86. The average molecular weight is 363 g/mol. The van der Waals surface area contributed by atoms with Crippen LogP contribution in [0.3, 0.4) is 0 Å². The summed E-state index contributed by atoms with van der Waals surface area (Å²) in [6.45, 7) is 0. The van der Waals surface area contributed by atoms with Crippen LogP contribution in [-0.2, 0) is 0 Å². The van der Waals surface area contributed by atoms with Gasteiger partial charge >= 0.3 is 0 Å². The molecule has 0 aliphatic carbocycles. The van der Waals surface area contributed by atoms with Gasteiger partial charge in [0.05, 0.1) is 23.4 Å². The fourth-order valence-electron chi connectivity index (χ4n) is 2.14. The largest absolute Gasteiger partial charge is 0.496 e. The third kappa shape index (κ3) is 3.37. The molecule has 24 heavy (non-hydrogen) atoms. The zero-order valence-electron chi connectivity index (χ0n) is 12.5. The highest BCUT2D eigenvalue weighted by Crippen LogP contribution is 2.30. The highest BCUT2D eigenvalue weighted by molar-refractivity contribution is 6.35. The number of nitrogens with one attached hydrogen (secondary N) is 1. The number of halogens is 2. The first kappa shape index (κ1) is 16.4. The summed E-state index contributed by atoms with van der Waals surface area (Å²) >= 11 is 11.9. The molecule has 0 atom stereocenters. The van der Waals surface area contributed by atoms with E-state index >= 15 is 0 Å². The summed E-state index contributed by atoms with van der Waals surface area (Å²) < 4.78 is 10.5.